The molecule has 1 aliphatic heterocycles. The summed E-state index contributed by atoms with van der Waals surface area (Å²) in [5, 5.41) is 39.3. The topological polar surface area (TPSA) is 135 Å². The quantitative estimate of drug-likeness (QED) is 0.202. The molecule has 0 aromatic rings. The van der Waals surface area contributed by atoms with Crippen LogP contribution in [0.4, 0.5) is 0 Å². The summed E-state index contributed by atoms with van der Waals surface area (Å²) in [6, 6.07) is 0. The third kappa shape index (κ3) is 6.13. The molecule has 1 saturated carbocycles. The zero-order valence-corrected chi connectivity index (χ0v) is 16.4. The van der Waals surface area contributed by atoms with E-state index in [0.29, 0.717) is 0 Å². The predicted octanol–water partition coefficient (Wildman–Crippen LogP) is 0.964. The molecule has 5 unspecified atom stereocenters. The molecular weight excluding hydrogens is 372 g/mol. The second-order valence-corrected chi connectivity index (χ2v) is 7.82. The number of hydrogen-bond donors (Lipinski definition) is 4. The van der Waals surface area contributed by atoms with E-state index in [1.807, 2.05) is 13.8 Å². The summed E-state index contributed by atoms with van der Waals surface area (Å²) >= 11 is 0. The smallest absolute Gasteiger partial charge is 0.406 e. The minimum atomic E-state index is -1.42. The molecule has 9 nitrogen and oxygen atoms in total. The molecule has 4 N–H and O–H groups in total. The fourth-order valence-electron chi connectivity index (χ4n) is 3.48. The number of aliphatic hydroxyl groups excluding tert-OH is 3. The van der Waals surface area contributed by atoms with Crippen LogP contribution in [0.2, 0.25) is 0 Å². The first-order chi connectivity index (χ1) is 13.4. The number of hydrogen-bond acceptors (Lipinski definition) is 9. The normalized spacial score (nSPS) is 32.4. The Morgan fingerprint density at radius 3 is 2.43 bits per heavy atom. The molecule has 0 aromatic heterocycles. The van der Waals surface area contributed by atoms with Crippen LogP contribution in [0.15, 0.2) is 11.8 Å². The van der Waals surface area contributed by atoms with Gasteiger partial charge in [0.25, 0.3) is 0 Å². The maximum Gasteiger partial charge on any atom is 0.406 e. The molecule has 2 rings (SSSR count). The Morgan fingerprint density at radius 2 is 1.86 bits per heavy atom. The number of aliphatic hydroxyl groups is 3. The highest BCUT2D eigenvalue weighted by atomic mass is 17.1. The van der Waals surface area contributed by atoms with Crippen LogP contribution >= 0.6 is 0 Å². The lowest BCUT2D eigenvalue weighted by atomic mass is 9.89. The Labute approximate surface area is 164 Å². The van der Waals surface area contributed by atoms with Crippen LogP contribution in [0, 0.1) is 11.8 Å². The van der Waals surface area contributed by atoms with Gasteiger partial charge in [0.1, 0.15) is 18.3 Å². The van der Waals surface area contributed by atoms with Crippen molar-refractivity contribution in [2.24, 2.45) is 11.8 Å². The van der Waals surface area contributed by atoms with E-state index in [0.717, 1.165) is 32.1 Å². The molecule has 0 aromatic carbocycles. The van der Waals surface area contributed by atoms with Gasteiger partial charge in [-0.2, -0.15) is 5.26 Å². The first kappa shape index (κ1) is 23.1. The maximum atomic E-state index is 12.0. The van der Waals surface area contributed by atoms with Gasteiger partial charge in [0.05, 0.1) is 13.2 Å². The van der Waals surface area contributed by atoms with Crippen LogP contribution in [0.1, 0.15) is 46.0 Å². The summed E-state index contributed by atoms with van der Waals surface area (Å²) in [7, 11) is 0. The molecule has 1 aliphatic carbocycles. The first-order valence-corrected chi connectivity index (χ1v) is 9.85. The van der Waals surface area contributed by atoms with Gasteiger partial charge in [-0.05, 0) is 30.8 Å². The Hall–Kier alpha value is -1.23. The highest BCUT2D eigenvalue weighted by Gasteiger charge is 2.47. The molecule has 0 radical (unpaired) electrons. The largest absolute Gasteiger partial charge is 0.477 e. The van der Waals surface area contributed by atoms with Crippen LogP contribution in [-0.4, -0.2) is 70.5 Å². The van der Waals surface area contributed by atoms with Gasteiger partial charge in [-0.1, -0.05) is 33.1 Å². The van der Waals surface area contributed by atoms with E-state index in [9.17, 15) is 20.1 Å². The summed E-state index contributed by atoms with van der Waals surface area (Å²) in [4.78, 5) is 15.8. The predicted molar refractivity (Wildman–Crippen MR) is 96.8 cm³/mol. The minimum absolute atomic E-state index is 0.0682. The lowest BCUT2D eigenvalue weighted by Crippen LogP contribution is -2.60. The van der Waals surface area contributed by atoms with Crippen molar-refractivity contribution in [1.29, 1.82) is 0 Å². The molecule has 1 saturated heterocycles. The van der Waals surface area contributed by atoms with Crippen molar-refractivity contribution >= 4 is 5.97 Å². The van der Waals surface area contributed by atoms with E-state index >= 15 is 0 Å². The van der Waals surface area contributed by atoms with Crippen LogP contribution < -0.4 is 0 Å². The highest BCUT2D eigenvalue weighted by molar-refractivity contribution is 5.85. The average molecular weight is 404 g/mol. The molecule has 162 valence electrons. The van der Waals surface area contributed by atoms with Crippen molar-refractivity contribution in [1.82, 2.24) is 0 Å². The summed E-state index contributed by atoms with van der Waals surface area (Å²) in [5.41, 5.74) is 0. The molecular formula is C19H32O9. The monoisotopic (exact) mass is 404 g/mol. The van der Waals surface area contributed by atoms with Crippen molar-refractivity contribution in [2.45, 2.75) is 76.7 Å². The minimum Gasteiger partial charge on any atom is -0.477 e. The van der Waals surface area contributed by atoms with Crippen molar-refractivity contribution < 1.29 is 44.5 Å². The Kier molecular flexibility index (Phi) is 9.13. The SMILES string of the molecule is CC(C)COC1OC(CO)C(O)C(O/C(=C\C2CCCCC2)C(=O)OO)C1O. The highest BCUT2D eigenvalue weighted by Crippen LogP contribution is 2.29. The van der Waals surface area contributed by atoms with E-state index in [4.69, 9.17) is 19.5 Å². The van der Waals surface area contributed by atoms with Crippen LogP contribution in [0.25, 0.3) is 0 Å². The Balaban J connectivity index is 2.18. The van der Waals surface area contributed by atoms with Crippen LogP contribution in [0.5, 0.6) is 0 Å². The van der Waals surface area contributed by atoms with E-state index in [2.05, 4.69) is 4.89 Å². The first-order valence-electron chi connectivity index (χ1n) is 9.85. The van der Waals surface area contributed by atoms with Crippen molar-refractivity contribution in [3.8, 4) is 0 Å². The summed E-state index contributed by atoms with van der Waals surface area (Å²) in [5.74, 6) is -1.17. The summed E-state index contributed by atoms with van der Waals surface area (Å²) in [6.45, 7) is 3.60. The molecule has 28 heavy (non-hydrogen) atoms. The molecule has 2 fully saturated rings. The molecule has 0 bridgehead atoms. The van der Waals surface area contributed by atoms with E-state index in [-0.39, 0.29) is 24.2 Å². The van der Waals surface area contributed by atoms with Crippen molar-refractivity contribution in [2.75, 3.05) is 13.2 Å². The number of rotatable bonds is 8. The summed E-state index contributed by atoms with van der Waals surface area (Å²) < 4.78 is 16.5. The molecule has 0 amide bonds. The van der Waals surface area contributed by atoms with E-state index < -0.39 is 43.3 Å². The van der Waals surface area contributed by atoms with Gasteiger partial charge >= 0.3 is 5.97 Å². The number of allylic oxidation sites excluding steroid dienone is 1. The number of carbonyl (C=O) groups is 1. The van der Waals surface area contributed by atoms with Crippen molar-refractivity contribution in [3.63, 3.8) is 0 Å². The summed E-state index contributed by atoms with van der Waals surface area (Å²) in [6.07, 6.45) is 0.0925. The van der Waals surface area contributed by atoms with Crippen LogP contribution in [-0.2, 0) is 23.9 Å². The second kappa shape index (κ2) is 11.1. The average Bonchev–Trinajstić information content (AvgIpc) is 2.69. The third-order valence-corrected chi connectivity index (χ3v) is 5.00. The fraction of sp³-hybridized carbons (Fsp3) is 0.842. The lowest BCUT2D eigenvalue weighted by molar-refractivity contribution is -0.306. The fourth-order valence-corrected chi connectivity index (χ4v) is 3.48. The number of ether oxygens (including phenoxy) is 3. The molecule has 9 heteroatoms. The van der Waals surface area contributed by atoms with Gasteiger partial charge in [-0.3, -0.25) is 4.89 Å². The van der Waals surface area contributed by atoms with Crippen molar-refractivity contribution in [3.05, 3.63) is 11.8 Å². The Bertz CT molecular complexity index is 516. The van der Waals surface area contributed by atoms with Gasteiger partial charge in [-0.15, -0.1) is 0 Å². The van der Waals surface area contributed by atoms with Gasteiger partial charge < -0.3 is 29.5 Å². The lowest BCUT2D eigenvalue weighted by Gasteiger charge is -2.42. The van der Waals surface area contributed by atoms with E-state index in [1.165, 1.54) is 0 Å². The Morgan fingerprint density at radius 1 is 1.18 bits per heavy atom. The zero-order chi connectivity index (χ0) is 20.7. The van der Waals surface area contributed by atoms with Gasteiger partial charge in [0.15, 0.2) is 12.4 Å². The molecule has 5 atom stereocenters. The molecule has 0 spiro atoms. The second-order valence-electron chi connectivity index (χ2n) is 7.82. The molecule has 2 aliphatic rings. The van der Waals surface area contributed by atoms with Crippen LogP contribution in [0.3, 0.4) is 0 Å². The van der Waals surface area contributed by atoms with Gasteiger partial charge in [0.2, 0.25) is 5.76 Å². The van der Waals surface area contributed by atoms with E-state index in [1.54, 1.807) is 6.08 Å². The number of carbonyl (C=O) groups excluding carboxylic acids is 1. The maximum absolute atomic E-state index is 12.0. The third-order valence-electron chi connectivity index (χ3n) is 5.00. The zero-order valence-electron chi connectivity index (χ0n) is 16.4. The van der Waals surface area contributed by atoms with Gasteiger partial charge in [-0.25, -0.2) is 4.79 Å². The molecule has 1 heterocycles. The van der Waals surface area contributed by atoms with Gasteiger partial charge in [0, 0.05) is 0 Å². The standard InChI is InChI=1S/C19H32O9/c1-11(2)10-25-19-16(22)17(15(21)14(9-20)27-19)26-13(18(23)28-24)8-12-6-4-3-5-7-12/h8,11-12,14-17,19-22,24H,3-7,9-10H2,1-2H3/b13-8-.